The number of nitrogens with one attached hydrogen (secondary N) is 1. The lowest BCUT2D eigenvalue weighted by Gasteiger charge is -2.07. The summed E-state index contributed by atoms with van der Waals surface area (Å²) >= 11 is 5.06. The molecule has 1 aromatic heterocycles. The minimum absolute atomic E-state index is 0.307. The molecular weight excluding hydrogens is 280 g/mol. The van der Waals surface area contributed by atoms with Crippen LogP contribution in [0.1, 0.15) is 4.88 Å². The van der Waals surface area contributed by atoms with Gasteiger partial charge in [-0.1, -0.05) is 0 Å². The number of carboxylic acid groups (broad SMARTS) is 1. The molecular formula is C9H13BrN2O2S. The van der Waals surface area contributed by atoms with Crippen LogP contribution in [0.25, 0.3) is 0 Å². The van der Waals surface area contributed by atoms with Gasteiger partial charge in [-0.2, -0.15) is 0 Å². The summed E-state index contributed by atoms with van der Waals surface area (Å²) < 4.78 is 1.09. The Hall–Kier alpha value is -0.430. The predicted octanol–water partition coefficient (Wildman–Crippen LogP) is 1.05. The average Bonchev–Trinajstić information content (AvgIpc) is 2.58. The summed E-state index contributed by atoms with van der Waals surface area (Å²) in [5.74, 6) is -0.971. The Morgan fingerprint density at radius 2 is 2.47 bits per heavy atom. The summed E-state index contributed by atoms with van der Waals surface area (Å²) in [5.41, 5.74) is 5.33. The summed E-state index contributed by atoms with van der Waals surface area (Å²) in [7, 11) is 0. The van der Waals surface area contributed by atoms with Crippen LogP contribution in [0, 0.1) is 0 Å². The molecule has 0 aliphatic carbocycles. The van der Waals surface area contributed by atoms with Crippen LogP contribution < -0.4 is 11.1 Å². The molecule has 0 aliphatic heterocycles. The molecule has 1 rings (SSSR count). The standard InChI is InChI=1S/C9H13BrN2O2S/c10-6-3-7(15-5-6)1-2-12-4-8(11)9(13)14/h3,5,8,12H,1-2,4,11H2,(H,13,14). The molecule has 1 unspecified atom stereocenters. The van der Waals surface area contributed by atoms with Gasteiger partial charge in [-0.05, 0) is 28.4 Å². The van der Waals surface area contributed by atoms with Crippen LogP contribution in [0.15, 0.2) is 15.9 Å². The monoisotopic (exact) mass is 292 g/mol. The third-order valence-electron chi connectivity index (χ3n) is 1.85. The Bertz CT molecular complexity index is 330. The molecule has 6 heteroatoms. The predicted molar refractivity (Wildman–Crippen MR) is 64.2 cm³/mol. The molecule has 1 aromatic rings. The van der Waals surface area contributed by atoms with Gasteiger partial charge in [0, 0.05) is 27.8 Å². The highest BCUT2D eigenvalue weighted by atomic mass is 79.9. The molecule has 0 amide bonds. The third kappa shape index (κ3) is 4.74. The van der Waals surface area contributed by atoms with Gasteiger partial charge in [-0.25, -0.2) is 0 Å². The first-order valence-corrected chi connectivity index (χ1v) is 6.19. The van der Waals surface area contributed by atoms with Crippen LogP contribution in [0.3, 0.4) is 0 Å². The summed E-state index contributed by atoms with van der Waals surface area (Å²) in [6, 6.07) is 1.24. The van der Waals surface area contributed by atoms with Gasteiger partial charge in [0.05, 0.1) is 0 Å². The third-order valence-corrected chi connectivity index (χ3v) is 3.61. The van der Waals surface area contributed by atoms with E-state index in [0.29, 0.717) is 6.54 Å². The van der Waals surface area contributed by atoms with Crippen LogP contribution in [0.5, 0.6) is 0 Å². The Balaban J connectivity index is 2.14. The molecule has 0 aliphatic rings. The molecule has 0 saturated heterocycles. The van der Waals surface area contributed by atoms with Gasteiger partial charge in [0.2, 0.25) is 0 Å². The highest BCUT2D eigenvalue weighted by molar-refractivity contribution is 9.10. The topological polar surface area (TPSA) is 75.3 Å². The molecule has 0 bridgehead atoms. The fourth-order valence-electron chi connectivity index (χ4n) is 1.04. The van der Waals surface area contributed by atoms with Crippen LogP contribution in [-0.4, -0.2) is 30.2 Å². The van der Waals surface area contributed by atoms with E-state index in [9.17, 15) is 4.79 Å². The molecule has 84 valence electrons. The Kier molecular flexibility index (Phi) is 5.24. The number of hydrogen-bond acceptors (Lipinski definition) is 4. The van der Waals surface area contributed by atoms with E-state index in [-0.39, 0.29) is 0 Å². The lowest BCUT2D eigenvalue weighted by Crippen LogP contribution is -2.40. The lowest BCUT2D eigenvalue weighted by molar-refractivity contribution is -0.138. The number of nitrogens with two attached hydrogens (primary N) is 1. The van der Waals surface area contributed by atoms with Gasteiger partial charge in [-0.15, -0.1) is 11.3 Å². The van der Waals surface area contributed by atoms with Gasteiger partial charge in [0.25, 0.3) is 0 Å². The van der Waals surface area contributed by atoms with E-state index in [1.807, 2.05) is 5.38 Å². The zero-order valence-electron chi connectivity index (χ0n) is 8.07. The van der Waals surface area contributed by atoms with Crippen molar-refractivity contribution in [1.29, 1.82) is 0 Å². The van der Waals surface area contributed by atoms with Crippen LogP contribution in [-0.2, 0) is 11.2 Å². The normalized spacial score (nSPS) is 12.7. The molecule has 0 aromatic carbocycles. The molecule has 1 atom stereocenters. The fraction of sp³-hybridized carbons (Fsp3) is 0.444. The number of carbonyl (C=O) groups is 1. The van der Waals surface area contributed by atoms with E-state index >= 15 is 0 Å². The molecule has 4 N–H and O–H groups in total. The summed E-state index contributed by atoms with van der Waals surface area (Å²) in [4.78, 5) is 11.7. The summed E-state index contributed by atoms with van der Waals surface area (Å²) in [5, 5.41) is 13.6. The number of carboxylic acids is 1. The van der Waals surface area contributed by atoms with Crippen molar-refractivity contribution in [2.45, 2.75) is 12.5 Å². The zero-order chi connectivity index (χ0) is 11.3. The van der Waals surface area contributed by atoms with Gasteiger partial charge in [0.1, 0.15) is 6.04 Å². The van der Waals surface area contributed by atoms with Crippen molar-refractivity contribution in [1.82, 2.24) is 5.32 Å². The summed E-state index contributed by atoms with van der Waals surface area (Å²) in [6.07, 6.45) is 0.891. The minimum atomic E-state index is -0.971. The first kappa shape index (κ1) is 12.6. The number of halogens is 1. The first-order chi connectivity index (χ1) is 7.09. The van der Waals surface area contributed by atoms with E-state index < -0.39 is 12.0 Å². The van der Waals surface area contributed by atoms with Crippen molar-refractivity contribution >= 4 is 33.2 Å². The fourth-order valence-corrected chi connectivity index (χ4v) is 2.50. The molecule has 0 radical (unpaired) electrons. The first-order valence-electron chi connectivity index (χ1n) is 4.51. The second-order valence-corrected chi connectivity index (χ2v) is 5.04. The van der Waals surface area contributed by atoms with Gasteiger partial charge in [-0.3, -0.25) is 4.79 Å². The van der Waals surface area contributed by atoms with Crippen molar-refractivity contribution in [3.8, 4) is 0 Å². The molecule has 0 fully saturated rings. The van der Waals surface area contributed by atoms with E-state index in [4.69, 9.17) is 10.8 Å². The highest BCUT2D eigenvalue weighted by Gasteiger charge is 2.09. The van der Waals surface area contributed by atoms with E-state index in [2.05, 4.69) is 27.3 Å². The Morgan fingerprint density at radius 1 is 1.73 bits per heavy atom. The number of thiophene rings is 1. The summed E-state index contributed by atoms with van der Waals surface area (Å²) in [6.45, 7) is 1.05. The van der Waals surface area contributed by atoms with Crippen molar-refractivity contribution in [2.24, 2.45) is 5.73 Å². The zero-order valence-corrected chi connectivity index (χ0v) is 10.5. The molecule has 1 heterocycles. The van der Waals surface area contributed by atoms with E-state index in [1.165, 1.54) is 4.88 Å². The largest absolute Gasteiger partial charge is 0.480 e. The molecule has 4 nitrogen and oxygen atoms in total. The van der Waals surface area contributed by atoms with Crippen LogP contribution >= 0.6 is 27.3 Å². The van der Waals surface area contributed by atoms with Crippen molar-refractivity contribution in [3.05, 3.63) is 20.8 Å². The van der Waals surface area contributed by atoms with Gasteiger partial charge < -0.3 is 16.2 Å². The second-order valence-electron chi connectivity index (χ2n) is 3.13. The molecule has 0 saturated carbocycles. The quantitative estimate of drug-likeness (QED) is 0.685. The SMILES string of the molecule is NC(CNCCc1cc(Br)cs1)C(=O)O. The average molecular weight is 293 g/mol. The Labute approximate surface area is 101 Å². The van der Waals surface area contributed by atoms with Crippen molar-refractivity contribution < 1.29 is 9.90 Å². The van der Waals surface area contributed by atoms with E-state index in [0.717, 1.165) is 17.4 Å². The maximum absolute atomic E-state index is 10.4. The molecule has 15 heavy (non-hydrogen) atoms. The van der Waals surface area contributed by atoms with Crippen molar-refractivity contribution in [3.63, 3.8) is 0 Å². The minimum Gasteiger partial charge on any atom is -0.480 e. The van der Waals surface area contributed by atoms with E-state index in [1.54, 1.807) is 11.3 Å². The highest BCUT2D eigenvalue weighted by Crippen LogP contribution is 2.19. The number of hydrogen-bond donors (Lipinski definition) is 3. The van der Waals surface area contributed by atoms with Gasteiger partial charge >= 0.3 is 5.97 Å². The maximum atomic E-state index is 10.4. The number of aliphatic carboxylic acids is 1. The maximum Gasteiger partial charge on any atom is 0.321 e. The van der Waals surface area contributed by atoms with Crippen LogP contribution in [0.2, 0.25) is 0 Å². The smallest absolute Gasteiger partial charge is 0.321 e. The number of rotatable bonds is 6. The Morgan fingerprint density at radius 3 is 3.00 bits per heavy atom. The molecule has 0 spiro atoms. The lowest BCUT2D eigenvalue weighted by atomic mass is 10.3. The van der Waals surface area contributed by atoms with Gasteiger partial charge in [0.15, 0.2) is 0 Å². The van der Waals surface area contributed by atoms with Crippen molar-refractivity contribution in [2.75, 3.05) is 13.1 Å². The van der Waals surface area contributed by atoms with Crippen LogP contribution in [0.4, 0.5) is 0 Å². The second kappa shape index (κ2) is 6.22.